The van der Waals surface area contributed by atoms with Crippen molar-refractivity contribution in [3.8, 4) is 5.75 Å². The molecule has 2 aromatic carbocycles. The molecule has 0 saturated heterocycles. The molecule has 1 atom stereocenters. The number of ether oxygens (including phenoxy) is 1. The summed E-state index contributed by atoms with van der Waals surface area (Å²) in [4.78, 5) is 24.0. The van der Waals surface area contributed by atoms with Crippen LogP contribution in [0.4, 0.5) is 5.69 Å². The summed E-state index contributed by atoms with van der Waals surface area (Å²) in [6, 6.07) is 15.1. The molecular weight excluding hydrogens is 314 g/mol. The molecule has 2 aromatic rings. The maximum Gasteiger partial charge on any atom is 0.224 e. The maximum atomic E-state index is 12.5. The number of rotatable bonds is 7. The van der Waals surface area contributed by atoms with E-state index in [1.165, 1.54) is 25.3 Å². The molecule has 130 valence electrons. The second-order valence-electron chi connectivity index (χ2n) is 6.61. The van der Waals surface area contributed by atoms with E-state index in [1.807, 2.05) is 30.3 Å². The van der Waals surface area contributed by atoms with Gasteiger partial charge in [-0.25, -0.2) is 0 Å². The van der Waals surface area contributed by atoms with E-state index in [9.17, 15) is 9.59 Å². The van der Waals surface area contributed by atoms with Crippen molar-refractivity contribution in [3.63, 3.8) is 0 Å². The van der Waals surface area contributed by atoms with Crippen molar-refractivity contribution in [1.29, 1.82) is 0 Å². The first kappa shape index (κ1) is 17.2. The van der Waals surface area contributed by atoms with Crippen LogP contribution in [0.2, 0.25) is 0 Å². The number of carbonyl (C=O) groups is 2. The number of Topliss-reactive ketones (excluding diaryl/α,β-unsaturated/α-hetero) is 1. The average Bonchev–Trinajstić information content (AvgIpc) is 3.45. The van der Waals surface area contributed by atoms with Gasteiger partial charge in [0.15, 0.2) is 5.78 Å². The van der Waals surface area contributed by atoms with Gasteiger partial charge in [0.2, 0.25) is 5.91 Å². The van der Waals surface area contributed by atoms with Crippen LogP contribution in [0.15, 0.2) is 48.5 Å². The van der Waals surface area contributed by atoms with Crippen LogP contribution in [0.1, 0.15) is 48.0 Å². The summed E-state index contributed by atoms with van der Waals surface area (Å²) in [7, 11) is 1.65. The minimum Gasteiger partial charge on any atom is -0.497 e. The number of hydrogen-bond donors (Lipinski definition) is 1. The predicted molar refractivity (Wildman–Crippen MR) is 98.2 cm³/mol. The van der Waals surface area contributed by atoms with Gasteiger partial charge in [0.25, 0.3) is 0 Å². The van der Waals surface area contributed by atoms with Crippen molar-refractivity contribution in [2.45, 2.75) is 32.1 Å². The van der Waals surface area contributed by atoms with Crippen LogP contribution in [-0.4, -0.2) is 18.8 Å². The molecule has 1 N–H and O–H groups in total. The third-order valence-corrected chi connectivity index (χ3v) is 4.69. The van der Waals surface area contributed by atoms with Crippen molar-refractivity contribution in [1.82, 2.24) is 0 Å². The lowest BCUT2D eigenvalue weighted by Crippen LogP contribution is -2.17. The number of benzene rings is 2. The SMILES string of the molecule is COc1ccc(C(CC(=O)Nc2cccc(C(C)=O)c2)C2CC2)cc1. The van der Waals surface area contributed by atoms with Crippen LogP contribution < -0.4 is 10.1 Å². The van der Waals surface area contributed by atoms with Crippen molar-refractivity contribution >= 4 is 17.4 Å². The van der Waals surface area contributed by atoms with Gasteiger partial charge in [0, 0.05) is 17.7 Å². The molecule has 25 heavy (non-hydrogen) atoms. The van der Waals surface area contributed by atoms with Gasteiger partial charge in [-0.1, -0.05) is 24.3 Å². The van der Waals surface area contributed by atoms with Gasteiger partial charge < -0.3 is 10.1 Å². The molecule has 1 aliphatic carbocycles. The standard InChI is InChI=1S/C21H23NO3/c1-14(23)17-4-3-5-18(12-17)22-21(24)13-20(15-6-7-15)16-8-10-19(25-2)11-9-16/h3-5,8-12,15,20H,6-7,13H2,1-2H3,(H,22,24). The minimum atomic E-state index is -0.0200. The summed E-state index contributed by atoms with van der Waals surface area (Å²) >= 11 is 0. The molecule has 4 nitrogen and oxygen atoms in total. The maximum absolute atomic E-state index is 12.5. The molecule has 0 radical (unpaired) electrons. The topological polar surface area (TPSA) is 55.4 Å². The summed E-state index contributed by atoms with van der Waals surface area (Å²) in [5.74, 6) is 1.59. The summed E-state index contributed by atoms with van der Waals surface area (Å²) in [5.41, 5.74) is 2.45. The lowest BCUT2D eigenvalue weighted by Gasteiger charge is -2.17. The Kier molecular flexibility index (Phi) is 5.17. The van der Waals surface area contributed by atoms with Crippen LogP contribution >= 0.6 is 0 Å². The highest BCUT2D eigenvalue weighted by atomic mass is 16.5. The van der Waals surface area contributed by atoms with Gasteiger partial charge in [-0.2, -0.15) is 0 Å². The van der Waals surface area contributed by atoms with Crippen LogP contribution in [0.25, 0.3) is 0 Å². The molecule has 1 aliphatic rings. The Labute approximate surface area is 148 Å². The highest BCUT2D eigenvalue weighted by Gasteiger charge is 2.33. The molecule has 1 amide bonds. The fourth-order valence-electron chi connectivity index (χ4n) is 3.13. The smallest absolute Gasteiger partial charge is 0.224 e. The number of amides is 1. The molecule has 3 rings (SSSR count). The highest BCUT2D eigenvalue weighted by Crippen LogP contribution is 2.44. The summed E-state index contributed by atoms with van der Waals surface area (Å²) in [6.45, 7) is 1.52. The molecular formula is C21H23NO3. The Hall–Kier alpha value is -2.62. The second kappa shape index (κ2) is 7.51. The molecule has 0 aromatic heterocycles. The summed E-state index contributed by atoms with van der Waals surface area (Å²) < 4.78 is 5.21. The van der Waals surface area contributed by atoms with E-state index >= 15 is 0 Å². The monoisotopic (exact) mass is 337 g/mol. The number of hydrogen-bond acceptors (Lipinski definition) is 3. The Morgan fingerprint density at radius 3 is 2.48 bits per heavy atom. The van der Waals surface area contributed by atoms with E-state index in [2.05, 4.69) is 5.32 Å². The third kappa shape index (κ3) is 4.47. The van der Waals surface area contributed by atoms with E-state index in [4.69, 9.17) is 4.74 Å². The van der Waals surface area contributed by atoms with E-state index in [-0.39, 0.29) is 17.6 Å². The zero-order valence-corrected chi connectivity index (χ0v) is 14.6. The number of anilines is 1. The van der Waals surface area contributed by atoms with Crippen LogP contribution in [-0.2, 0) is 4.79 Å². The second-order valence-corrected chi connectivity index (χ2v) is 6.61. The predicted octanol–water partition coefficient (Wildman–Crippen LogP) is 4.42. The van der Waals surface area contributed by atoms with Gasteiger partial charge in [-0.05, 0) is 61.4 Å². The van der Waals surface area contributed by atoms with Gasteiger partial charge >= 0.3 is 0 Å². The lowest BCUT2D eigenvalue weighted by atomic mass is 9.90. The number of carbonyl (C=O) groups excluding carboxylic acids is 2. The van der Waals surface area contributed by atoms with Gasteiger partial charge in [-0.15, -0.1) is 0 Å². The Morgan fingerprint density at radius 2 is 1.88 bits per heavy atom. The first-order valence-electron chi connectivity index (χ1n) is 8.61. The summed E-state index contributed by atoms with van der Waals surface area (Å²) in [5, 5.41) is 2.93. The molecule has 4 heteroatoms. The van der Waals surface area contributed by atoms with Crippen molar-refractivity contribution in [2.75, 3.05) is 12.4 Å². The largest absolute Gasteiger partial charge is 0.497 e. The van der Waals surface area contributed by atoms with Crippen LogP contribution in [0.5, 0.6) is 5.75 Å². The lowest BCUT2D eigenvalue weighted by molar-refractivity contribution is -0.116. The number of methoxy groups -OCH3 is 1. The molecule has 0 spiro atoms. The fraction of sp³-hybridized carbons (Fsp3) is 0.333. The first-order valence-corrected chi connectivity index (χ1v) is 8.61. The van der Waals surface area contributed by atoms with Gasteiger partial charge in [-0.3, -0.25) is 9.59 Å². The van der Waals surface area contributed by atoms with Crippen LogP contribution in [0.3, 0.4) is 0 Å². The highest BCUT2D eigenvalue weighted by molar-refractivity contribution is 5.97. The van der Waals surface area contributed by atoms with Crippen molar-refractivity contribution in [3.05, 3.63) is 59.7 Å². The van der Waals surface area contributed by atoms with Crippen LogP contribution in [0, 0.1) is 5.92 Å². The Morgan fingerprint density at radius 1 is 1.16 bits per heavy atom. The van der Waals surface area contributed by atoms with E-state index in [1.54, 1.807) is 25.3 Å². The third-order valence-electron chi connectivity index (χ3n) is 4.69. The average molecular weight is 337 g/mol. The fourth-order valence-corrected chi connectivity index (χ4v) is 3.13. The molecule has 0 heterocycles. The van der Waals surface area contributed by atoms with E-state index < -0.39 is 0 Å². The van der Waals surface area contributed by atoms with Gasteiger partial charge in [0.05, 0.1) is 7.11 Å². The first-order chi connectivity index (χ1) is 12.1. The zero-order chi connectivity index (χ0) is 17.8. The van der Waals surface area contributed by atoms with Gasteiger partial charge in [0.1, 0.15) is 5.75 Å². The zero-order valence-electron chi connectivity index (χ0n) is 14.6. The molecule has 0 bridgehead atoms. The molecule has 1 saturated carbocycles. The molecule has 1 fully saturated rings. The van der Waals surface area contributed by atoms with Crippen molar-refractivity contribution in [2.24, 2.45) is 5.92 Å². The van der Waals surface area contributed by atoms with Crippen molar-refractivity contribution < 1.29 is 14.3 Å². The molecule has 1 unspecified atom stereocenters. The molecule has 0 aliphatic heterocycles. The van der Waals surface area contributed by atoms with E-state index in [0.717, 1.165) is 5.75 Å². The number of nitrogens with one attached hydrogen (secondary N) is 1. The Bertz CT molecular complexity index is 763. The van der Waals surface area contributed by atoms with E-state index in [0.29, 0.717) is 23.6 Å². The minimum absolute atomic E-state index is 0.00908. The summed E-state index contributed by atoms with van der Waals surface area (Å²) in [6.07, 6.45) is 2.79. The normalized spacial score (nSPS) is 14.6. The number of ketones is 1. The quantitative estimate of drug-likeness (QED) is 0.761. The Balaban J connectivity index is 1.68.